The Bertz CT molecular complexity index is 623. The second-order valence-corrected chi connectivity index (χ2v) is 4.07. The lowest BCUT2D eigenvalue weighted by Crippen LogP contribution is -2.12. The summed E-state index contributed by atoms with van der Waals surface area (Å²) in [5.41, 5.74) is 18.4. The molecule has 0 saturated carbocycles. The van der Waals surface area contributed by atoms with Crippen molar-refractivity contribution in [1.29, 1.82) is 0 Å². The molecule has 2 rings (SSSR count). The van der Waals surface area contributed by atoms with Gasteiger partial charge in [-0.2, -0.15) is 0 Å². The first-order chi connectivity index (χ1) is 8.97. The number of carbonyl (C=O) groups excluding carboxylic acids is 1. The largest absolute Gasteiger partial charge is 0.506 e. The second-order valence-electron chi connectivity index (χ2n) is 4.07. The van der Waals surface area contributed by atoms with Crippen LogP contribution in [0.2, 0.25) is 0 Å². The zero-order valence-corrected chi connectivity index (χ0v) is 10.1. The lowest BCUT2D eigenvalue weighted by Gasteiger charge is -2.10. The van der Waals surface area contributed by atoms with Gasteiger partial charge in [-0.3, -0.25) is 4.79 Å². The van der Waals surface area contributed by atoms with Crippen LogP contribution in [-0.2, 0) is 0 Å². The number of nitrogen functional groups attached to an aromatic ring is 3. The minimum atomic E-state index is -0.375. The van der Waals surface area contributed by atoms with Crippen LogP contribution in [0.4, 0.5) is 22.7 Å². The highest BCUT2D eigenvalue weighted by Crippen LogP contribution is 2.30. The van der Waals surface area contributed by atoms with E-state index in [-0.39, 0.29) is 28.7 Å². The first kappa shape index (κ1) is 12.6. The van der Waals surface area contributed by atoms with Crippen molar-refractivity contribution in [3.8, 4) is 5.75 Å². The summed E-state index contributed by atoms with van der Waals surface area (Å²) >= 11 is 0. The number of anilines is 4. The van der Waals surface area contributed by atoms with Crippen molar-refractivity contribution in [3.63, 3.8) is 0 Å². The third-order valence-electron chi connectivity index (χ3n) is 2.62. The number of nitrogens with two attached hydrogens (primary N) is 3. The fraction of sp³-hybridized carbons (Fsp3) is 0. The van der Waals surface area contributed by atoms with E-state index < -0.39 is 0 Å². The van der Waals surface area contributed by atoms with Crippen molar-refractivity contribution < 1.29 is 9.90 Å². The lowest BCUT2D eigenvalue weighted by molar-refractivity contribution is 0.102. The van der Waals surface area contributed by atoms with Crippen LogP contribution in [0.3, 0.4) is 0 Å². The van der Waals surface area contributed by atoms with E-state index in [4.69, 9.17) is 17.2 Å². The van der Waals surface area contributed by atoms with Gasteiger partial charge in [0.05, 0.1) is 17.1 Å². The molecule has 19 heavy (non-hydrogen) atoms. The minimum Gasteiger partial charge on any atom is -0.506 e. The zero-order chi connectivity index (χ0) is 14.0. The van der Waals surface area contributed by atoms with Crippen LogP contribution < -0.4 is 22.5 Å². The number of hydrogen-bond acceptors (Lipinski definition) is 5. The average molecular weight is 258 g/mol. The Morgan fingerprint density at radius 2 is 1.58 bits per heavy atom. The highest BCUT2D eigenvalue weighted by molar-refractivity contribution is 6.05. The van der Waals surface area contributed by atoms with Gasteiger partial charge < -0.3 is 27.6 Å². The smallest absolute Gasteiger partial charge is 0.255 e. The van der Waals surface area contributed by atoms with Gasteiger partial charge in [0.25, 0.3) is 5.91 Å². The van der Waals surface area contributed by atoms with E-state index in [9.17, 15) is 9.90 Å². The van der Waals surface area contributed by atoms with Crippen LogP contribution in [0.25, 0.3) is 0 Å². The van der Waals surface area contributed by atoms with Gasteiger partial charge in [-0.05, 0) is 30.3 Å². The van der Waals surface area contributed by atoms with Gasteiger partial charge in [0, 0.05) is 17.3 Å². The fourth-order valence-electron chi connectivity index (χ4n) is 1.55. The van der Waals surface area contributed by atoms with Crippen LogP contribution in [0.15, 0.2) is 36.4 Å². The van der Waals surface area contributed by atoms with Crippen LogP contribution >= 0.6 is 0 Å². The van der Waals surface area contributed by atoms with E-state index >= 15 is 0 Å². The maximum absolute atomic E-state index is 11.9. The standard InChI is InChI=1S/C13H14N4O2/c14-8-3-1-7(2-4-8)13(19)17-11-5-9(15)10(16)6-12(11)18/h1-6,18H,14-16H2,(H,17,19). The number of hydrogen-bond donors (Lipinski definition) is 5. The Morgan fingerprint density at radius 3 is 2.21 bits per heavy atom. The summed E-state index contributed by atoms with van der Waals surface area (Å²) in [4.78, 5) is 11.9. The number of amides is 1. The summed E-state index contributed by atoms with van der Waals surface area (Å²) < 4.78 is 0. The summed E-state index contributed by atoms with van der Waals surface area (Å²) in [5, 5.41) is 12.2. The topological polar surface area (TPSA) is 127 Å². The molecule has 0 saturated heterocycles. The molecule has 0 aliphatic heterocycles. The molecule has 0 heterocycles. The number of rotatable bonds is 2. The molecule has 0 unspecified atom stereocenters. The van der Waals surface area contributed by atoms with Gasteiger partial charge >= 0.3 is 0 Å². The number of nitrogens with one attached hydrogen (secondary N) is 1. The van der Waals surface area contributed by atoms with E-state index in [0.29, 0.717) is 11.3 Å². The summed E-state index contributed by atoms with van der Waals surface area (Å²) in [6.07, 6.45) is 0. The van der Waals surface area contributed by atoms with E-state index in [1.165, 1.54) is 12.1 Å². The van der Waals surface area contributed by atoms with Crippen molar-refractivity contribution in [2.24, 2.45) is 0 Å². The molecule has 0 bridgehead atoms. The molecule has 0 aromatic heterocycles. The number of phenols is 1. The Kier molecular flexibility index (Phi) is 3.15. The maximum Gasteiger partial charge on any atom is 0.255 e. The molecule has 98 valence electrons. The lowest BCUT2D eigenvalue weighted by atomic mass is 10.1. The SMILES string of the molecule is Nc1ccc(C(=O)Nc2cc(N)c(N)cc2O)cc1. The number of benzene rings is 2. The number of phenolic OH excluding ortho intramolecular Hbond substituents is 1. The third-order valence-corrected chi connectivity index (χ3v) is 2.62. The predicted molar refractivity (Wildman–Crippen MR) is 75.7 cm³/mol. The molecule has 8 N–H and O–H groups in total. The van der Waals surface area contributed by atoms with Gasteiger partial charge in [-0.1, -0.05) is 0 Å². The molecule has 0 fully saturated rings. The van der Waals surface area contributed by atoms with Crippen molar-refractivity contribution in [2.45, 2.75) is 0 Å². The molecule has 1 amide bonds. The normalized spacial score (nSPS) is 10.1. The molecular weight excluding hydrogens is 244 g/mol. The van der Waals surface area contributed by atoms with Crippen molar-refractivity contribution in [3.05, 3.63) is 42.0 Å². The zero-order valence-electron chi connectivity index (χ0n) is 10.1. The van der Waals surface area contributed by atoms with Crippen LogP contribution in [0, 0.1) is 0 Å². The second kappa shape index (κ2) is 4.77. The van der Waals surface area contributed by atoms with Gasteiger partial charge in [-0.25, -0.2) is 0 Å². The molecule has 6 heteroatoms. The summed E-state index contributed by atoms with van der Waals surface area (Å²) in [6, 6.07) is 9.09. The Labute approximate surface area is 109 Å². The molecule has 0 radical (unpaired) electrons. The summed E-state index contributed by atoms with van der Waals surface area (Å²) in [6.45, 7) is 0. The average Bonchev–Trinajstić information content (AvgIpc) is 2.36. The fourth-order valence-corrected chi connectivity index (χ4v) is 1.55. The minimum absolute atomic E-state index is 0.143. The summed E-state index contributed by atoms with van der Waals surface area (Å²) in [5.74, 6) is -0.519. The highest BCUT2D eigenvalue weighted by atomic mass is 16.3. The van der Waals surface area contributed by atoms with Gasteiger partial charge in [-0.15, -0.1) is 0 Å². The molecular formula is C13H14N4O2. The Morgan fingerprint density at radius 1 is 1.00 bits per heavy atom. The van der Waals surface area contributed by atoms with E-state index in [1.54, 1.807) is 24.3 Å². The molecule has 0 aliphatic rings. The van der Waals surface area contributed by atoms with Gasteiger partial charge in [0.15, 0.2) is 0 Å². The van der Waals surface area contributed by atoms with Crippen LogP contribution in [-0.4, -0.2) is 11.0 Å². The predicted octanol–water partition coefficient (Wildman–Crippen LogP) is 1.39. The number of carbonyl (C=O) groups is 1. The third kappa shape index (κ3) is 2.68. The molecule has 6 nitrogen and oxygen atoms in total. The first-order valence-electron chi connectivity index (χ1n) is 5.52. The molecule has 2 aromatic rings. The Balaban J connectivity index is 2.24. The number of aromatic hydroxyl groups is 1. The highest BCUT2D eigenvalue weighted by Gasteiger charge is 2.10. The quantitative estimate of drug-likeness (QED) is 0.316. The molecule has 0 aliphatic carbocycles. The van der Waals surface area contributed by atoms with Crippen molar-refractivity contribution in [2.75, 3.05) is 22.5 Å². The monoisotopic (exact) mass is 258 g/mol. The van der Waals surface area contributed by atoms with Crippen molar-refractivity contribution >= 4 is 28.7 Å². The molecule has 0 atom stereocenters. The first-order valence-corrected chi connectivity index (χ1v) is 5.52. The van der Waals surface area contributed by atoms with Gasteiger partial charge in [0.1, 0.15) is 5.75 Å². The van der Waals surface area contributed by atoms with Crippen LogP contribution in [0.1, 0.15) is 10.4 Å². The van der Waals surface area contributed by atoms with Crippen LogP contribution in [0.5, 0.6) is 5.75 Å². The molecule has 0 spiro atoms. The maximum atomic E-state index is 11.9. The van der Waals surface area contributed by atoms with E-state index in [1.807, 2.05) is 0 Å². The molecule has 2 aromatic carbocycles. The summed E-state index contributed by atoms with van der Waals surface area (Å²) in [7, 11) is 0. The van der Waals surface area contributed by atoms with Gasteiger partial charge in [0.2, 0.25) is 0 Å². The Hall–Kier alpha value is -2.89. The van der Waals surface area contributed by atoms with Crippen molar-refractivity contribution in [1.82, 2.24) is 0 Å². The van der Waals surface area contributed by atoms with E-state index in [2.05, 4.69) is 5.32 Å². The van der Waals surface area contributed by atoms with E-state index in [0.717, 1.165) is 0 Å².